The molecule has 0 bridgehead atoms. The van der Waals surface area contributed by atoms with Crippen molar-refractivity contribution in [2.45, 2.75) is 28.7 Å². The number of carbonyl (C=O) groups is 3. The number of β-lactam (4-membered cyclic amide) rings is 1. The summed E-state index contributed by atoms with van der Waals surface area (Å²) in [5.41, 5.74) is 8.25. The molecule has 2 amide bonds. The van der Waals surface area contributed by atoms with Crippen LogP contribution in [0.3, 0.4) is 0 Å². The van der Waals surface area contributed by atoms with Crippen LogP contribution in [0.15, 0.2) is 287 Å². The summed E-state index contributed by atoms with van der Waals surface area (Å²) in [5, 5.41) is 19.9. The molecule has 1 saturated heterocycles. The van der Waals surface area contributed by atoms with Gasteiger partial charge in [-0.1, -0.05) is 260 Å². The van der Waals surface area contributed by atoms with Gasteiger partial charge in [-0.25, -0.2) is 9.78 Å². The maximum absolute atomic E-state index is 15.6. The van der Waals surface area contributed by atoms with Crippen molar-refractivity contribution in [1.29, 1.82) is 0 Å². The van der Waals surface area contributed by atoms with E-state index in [0.29, 0.717) is 16.5 Å². The molecule has 9 aromatic rings. The SMILES string of the molecule is CN1C=C(SC=CC2=C(C(=O)OC(c3ccccc3)c3ccccc3)N3C(=O)C(NC(=O)C(=NOC(c4ccccc4)(c4ccccc4)c4ccccc4)c4csc(NC(c5ccccc5)(c5ccccc5)c5ccccc5)n4)[C@@H]3SC2)N(C)N1.I. The quantitative estimate of drug-likeness (QED) is 0.0167. The molecule has 86 heavy (non-hydrogen) atoms. The number of fused-ring (bicyclic) bond motifs is 1. The molecule has 0 spiro atoms. The highest BCUT2D eigenvalue weighted by atomic mass is 127. The topological polar surface area (TPSA) is 141 Å². The number of nitrogens with zero attached hydrogens (tertiary/aromatic N) is 5. The van der Waals surface area contributed by atoms with Gasteiger partial charge >= 0.3 is 5.97 Å². The van der Waals surface area contributed by atoms with E-state index in [2.05, 4.69) is 52.6 Å². The van der Waals surface area contributed by atoms with Crippen molar-refractivity contribution in [1.82, 2.24) is 30.8 Å². The molecular weight excluding hydrogens is 1240 g/mol. The van der Waals surface area contributed by atoms with Gasteiger partial charge in [0, 0.05) is 48.1 Å². The third kappa shape index (κ3) is 12.0. The second kappa shape index (κ2) is 26.7. The Bertz CT molecular complexity index is 3690. The first kappa shape index (κ1) is 59.0. The first-order valence-corrected chi connectivity index (χ1v) is 30.4. The summed E-state index contributed by atoms with van der Waals surface area (Å²) in [6.07, 6.45) is 3.02. The van der Waals surface area contributed by atoms with Crippen LogP contribution in [0.2, 0.25) is 0 Å². The lowest BCUT2D eigenvalue weighted by Gasteiger charge is -2.49. The molecule has 0 aliphatic carbocycles. The van der Waals surface area contributed by atoms with Crippen molar-refractivity contribution in [2.75, 3.05) is 25.2 Å². The van der Waals surface area contributed by atoms with E-state index in [1.165, 1.54) is 39.8 Å². The number of oxime groups is 1. The number of amides is 2. The second-order valence-electron chi connectivity index (χ2n) is 20.3. The van der Waals surface area contributed by atoms with Gasteiger partial charge in [0.2, 0.25) is 5.60 Å². The molecule has 3 aliphatic heterocycles. The monoisotopic (exact) mass is 1300 g/mol. The van der Waals surface area contributed by atoms with Gasteiger partial charge in [-0.05, 0) is 44.9 Å². The number of hydrogen-bond donors (Lipinski definition) is 3. The number of thiazole rings is 1. The van der Waals surface area contributed by atoms with Crippen LogP contribution in [-0.2, 0) is 35.1 Å². The molecular formula is C69H59IN8O5S3. The molecule has 2 atom stereocenters. The van der Waals surface area contributed by atoms with Gasteiger partial charge in [-0.15, -0.1) is 52.6 Å². The van der Waals surface area contributed by atoms with Crippen LogP contribution >= 0.6 is 58.8 Å². The van der Waals surface area contributed by atoms with Crippen LogP contribution in [-0.4, -0.2) is 74.7 Å². The summed E-state index contributed by atoms with van der Waals surface area (Å²) in [6.45, 7) is 0. The lowest BCUT2D eigenvalue weighted by Crippen LogP contribution is -2.71. The average Bonchev–Trinajstić information content (AvgIpc) is 1.73. The summed E-state index contributed by atoms with van der Waals surface area (Å²) in [7, 11) is 3.81. The van der Waals surface area contributed by atoms with Gasteiger partial charge in [-0.2, -0.15) is 0 Å². The van der Waals surface area contributed by atoms with E-state index >= 15 is 14.4 Å². The van der Waals surface area contributed by atoms with Crippen LogP contribution < -0.4 is 16.2 Å². The molecule has 13 nitrogen and oxygen atoms in total. The summed E-state index contributed by atoms with van der Waals surface area (Å²) >= 11 is 4.20. The lowest BCUT2D eigenvalue weighted by molar-refractivity contribution is -0.154. The van der Waals surface area contributed by atoms with Crippen molar-refractivity contribution in [3.63, 3.8) is 0 Å². The molecule has 12 rings (SSSR count). The van der Waals surface area contributed by atoms with Gasteiger partial charge in [0.05, 0.1) is 0 Å². The van der Waals surface area contributed by atoms with Crippen LogP contribution in [0.1, 0.15) is 56.3 Å². The van der Waals surface area contributed by atoms with Crippen LogP contribution in [0.4, 0.5) is 5.13 Å². The fourth-order valence-electron chi connectivity index (χ4n) is 11.0. The van der Waals surface area contributed by atoms with Crippen LogP contribution in [0, 0.1) is 0 Å². The number of thioether (sulfide) groups is 2. The zero-order chi connectivity index (χ0) is 58.2. The van der Waals surface area contributed by atoms with E-state index in [9.17, 15) is 0 Å². The van der Waals surface area contributed by atoms with Crippen molar-refractivity contribution >= 4 is 87.5 Å². The number of carbonyl (C=O) groups excluding carboxylic acids is 3. The number of anilines is 1. The van der Waals surface area contributed by atoms with E-state index in [-0.39, 0.29) is 41.1 Å². The highest BCUT2D eigenvalue weighted by Crippen LogP contribution is 2.45. The van der Waals surface area contributed by atoms with E-state index in [0.717, 1.165) is 49.5 Å². The highest BCUT2D eigenvalue weighted by molar-refractivity contribution is 14.0. The van der Waals surface area contributed by atoms with Crippen molar-refractivity contribution in [2.24, 2.45) is 5.16 Å². The van der Waals surface area contributed by atoms with E-state index in [1.54, 1.807) is 5.38 Å². The number of esters is 1. The predicted octanol–water partition coefficient (Wildman–Crippen LogP) is 13.2. The Labute approximate surface area is 529 Å². The number of aromatic nitrogens is 1. The summed E-state index contributed by atoms with van der Waals surface area (Å²) in [5.74, 6) is -1.57. The number of hydrogen-bond acceptors (Lipinski definition) is 14. The van der Waals surface area contributed by atoms with E-state index < -0.39 is 46.4 Å². The predicted molar refractivity (Wildman–Crippen MR) is 354 cm³/mol. The molecule has 1 unspecified atom stereocenters. The largest absolute Gasteiger partial charge is 0.448 e. The zero-order valence-corrected chi connectivity index (χ0v) is 51.5. The summed E-state index contributed by atoms with van der Waals surface area (Å²) in [6, 6.07) is 77.8. The Kier molecular flexibility index (Phi) is 18.3. The van der Waals surface area contributed by atoms with Crippen molar-refractivity contribution < 1.29 is 24.0 Å². The Morgan fingerprint density at radius 2 is 1.13 bits per heavy atom. The zero-order valence-electron chi connectivity index (χ0n) is 46.8. The Morgan fingerprint density at radius 1 is 0.674 bits per heavy atom. The number of allylic oxidation sites excluding steroid dienone is 1. The number of benzene rings is 8. The second-order valence-corrected chi connectivity index (χ2v) is 23.2. The summed E-state index contributed by atoms with van der Waals surface area (Å²) in [4.78, 5) is 59.4. The molecule has 3 aliphatic rings. The first-order chi connectivity index (χ1) is 41.7. The molecule has 17 heteroatoms. The molecule has 4 heterocycles. The van der Waals surface area contributed by atoms with E-state index in [1.807, 2.05) is 248 Å². The fraction of sp³-hybridized carbons (Fsp3) is 0.116. The Morgan fingerprint density at radius 3 is 1.58 bits per heavy atom. The van der Waals surface area contributed by atoms with Gasteiger partial charge in [0.1, 0.15) is 33.4 Å². The normalized spacial score (nSPS) is 16.0. The molecule has 430 valence electrons. The van der Waals surface area contributed by atoms with Crippen molar-refractivity contribution in [3.8, 4) is 0 Å². The third-order valence-electron chi connectivity index (χ3n) is 15.0. The van der Waals surface area contributed by atoms with Crippen LogP contribution in [0.5, 0.6) is 0 Å². The van der Waals surface area contributed by atoms with Crippen molar-refractivity contribution in [3.05, 3.63) is 332 Å². The Balaban J connectivity index is 0.00000768. The molecule has 0 radical (unpaired) electrons. The fourth-order valence-corrected chi connectivity index (χ4v) is 13.8. The number of halogens is 1. The molecule has 0 saturated carbocycles. The number of ether oxygens (including phenoxy) is 1. The first-order valence-electron chi connectivity index (χ1n) is 27.6. The van der Waals surface area contributed by atoms with Crippen LogP contribution in [0.25, 0.3) is 0 Å². The highest BCUT2D eigenvalue weighted by Gasteiger charge is 2.55. The molecule has 1 fully saturated rings. The van der Waals surface area contributed by atoms with Gasteiger partial charge < -0.3 is 20.2 Å². The smallest absolute Gasteiger partial charge is 0.356 e. The maximum Gasteiger partial charge on any atom is 0.356 e. The minimum Gasteiger partial charge on any atom is -0.448 e. The standard InChI is InChI=1S/C69H58N8O5S3.HI/c1-75-45-58(76(2)74-75)83-44-43-50-46-84-65-60(64(79)77(65)61(50)66(80)81-62(48-27-11-3-12-28-48)49-29-13-4-14-30-49)71-63(78)59(73-82-69(54-37-21-8-22-38-54,55-39-23-9-24-40-55)56-41-25-10-26-42-56)57-47-85-67(70-57)72-68(51-31-15-5-16-32-51,52-33-17-6-18-34-52)53-35-19-7-20-36-53;/h3-45,47,60,62,65,74H,46H2,1-2H3,(H,70,72)(H,71,78);1H/t60?,65-;/m0./s1. The number of rotatable bonds is 20. The lowest BCUT2D eigenvalue weighted by atomic mass is 9.77. The van der Waals surface area contributed by atoms with Gasteiger partial charge in [0.25, 0.3) is 11.8 Å². The number of hydrazine groups is 2. The average molecular weight is 1300 g/mol. The van der Waals surface area contributed by atoms with E-state index in [4.69, 9.17) is 19.7 Å². The maximum atomic E-state index is 15.6. The molecule has 3 N–H and O–H groups in total. The minimum absolute atomic E-state index is 0. The molecule has 8 aromatic carbocycles. The minimum atomic E-state index is -1.38. The summed E-state index contributed by atoms with van der Waals surface area (Å²) < 4.78 is 6.50. The number of nitrogens with one attached hydrogen (secondary N) is 3. The molecule has 1 aromatic heterocycles. The van der Waals surface area contributed by atoms with Gasteiger partial charge in [-0.3, -0.25) is 24.5 Å². The Hall–Kier alpha value is -8.72. The van der Waals surface area contributed by atoms with Gasteiger partial charge in [0.15, 0.2) is 16.9 Å². The third-order valence-corrected chi connectivity index (χ3v) is 18.0.